The van der Waals surface area contributed by atoms with Crippen molar-refractivity contribution in [3.63, 3.8) is 0 Å². The third-order valence-electron chi connectivity index (χ3n) is 10.2. The van der Waals surface area contributed by atoms with Crippen molar-refractivity contribution < 1.29 is 43.9 Å². The number of rotatable bonds is 11. The summed E-state index contributed by atoms with van der Waals surface area (Å²) in [4.78, 5) is 30.0. The zero-order valence-corrected chi connectivity index (χ0v) is 30.6. The number of hydrogen-bond acceptors (Lipinski definition) is 10. The number of cyclic esters (lactones) is 1. The highest BCUT2D eigenvalue weighted by Crippen LogP contribution is 2.38. The highest BCUT2D eigenvalue weighted by molar-refractivity contribution is 5.70. The Labute approximate surface area is 287 Å². The van der Waals surface area contributed by atoms with Gasteiger partial charge in [0.25, 0.3) is 0 Å². The van der Waals surface area contributed by atoms with Crippen LogP contribution in [0.3, 0.4) is 0 Å². The lowest BCUT2D eigenvalue weighted by molar-refractivity contribution is -0.151. The molecule has 11 heteroatoms. The molecule has 3 rings (SSSR count). The number of methoxy groups -OCH3 is 1. The van der Waals surface area contributed by atoms with Gasteiger partial charge in [0, 0.05) is 57.6 Å². The molecule has 11 nitrogen and oxygen atoms in total. The first-order chi connectivity index (χ1) is 22.5. The number of carbonyl (C=O) groups is 2. The van der Waals surface area contributed by atoms with Crippen molar-refractivity contribution in [3.8, 4) is 0 Å². The maximum absolute atomic E-state index is 13.2. The molecular formula is C37H62N2O9. The number of carbonyl (C=O) groups excluding carboxylic acids is 2. The van der Waals surface area contributed by atoms with Gasteiger partial charge >= 0.3 is 12.1 Å². The van der Waals surface area contributed by atoms with Crippen molar-refractivity contribution in [3.05, 3.63) is 36.0 Å². The molecule has 3 aliphatic rings. The number of piperazine rings is 1. The average molecular weight is 679 g/mol. The Morgan fingerprint density at radius 1 is 1.21 bits per heavy atom. The van der Waals surface area contributed by atoms with Crippen LogP contribution in [0.2, 0.25) is 0 Å². The van der Waals surface area contributed by atoms with E-state index >= 15 is 0 Å². The third kappa shape index (κ3) is 11.7. The molecule has 0 aromatic rings. The Morgan fingerprint density at radius 2 is 1.88 bits per heavy atom. The summed E-state index contributed by atoms with van der Waals surface area (Å²) in [5.41, 5.74) is -1.87. The molecule has 0 aromatic heterocycles. The molecule has 0 aliphatic carbocycles. The van der Waals surface area contributed by atoms with Gasteiger partial charge in [0.1, 0.15) is 11.7 Å². The number of aliphatic hydroxyl groups excluding tert-OH is 1. The Bertz CT molecular complexity index is 1140. The van der Waals surface area contributed by atoms with Gasteiger partial charge < -0.3 is 39.2 Å². The number of allylic oxidation sites excluding steroid dienone is 2. The van der Waals surface area contributed by atoms with Gasteiger partial charge in [0.15, 0.2) is 6.10 Å². The Hall–Kier alpha value is -2.28. The molecule has 0 radical (unpaired) electrons. The summed E-state index contributed by atoms with van der Waals surface area (Å²) in [6.45, 7) is 18.1. The van der Waals surface area contributed by atoms with Crippen LogP contribution in [0.25, 0.3) is 0 Å². The van der Waals surface area contributed by atoms with Crippen molar-refractivity contribution in [1.29, 1.82) is 0 Å². The molecule has 48 heavy (non-hydrogen) atoms. The second kappa shape index (κ2) is 17.6. The summed E-state index contributed by atoms with van der Waals surface area (Å²) in [6.07, 6.45) is 6.96. The molecule has 0 aromatic carbocycles. The lowest BCUT2D eigenvalue weighted by atomic mass is 9.88. The van der Waals surface area contributed by atoms with E-state index in [9.17, 15) is 24.9 Å². The van der Waals surface area contributed by atoms with Gasteiger partial charge in [0.05, 0.1) is 36.4 Å². The fourth-order valence-corrected chi connectivity index (χ4v) is 6.78. The molecule has 10 atom stereocenters. The van der Waals surface area contributed by atoms with Gasteiger partial charge in [-0.25, -0.2) is 4.79 Å². The van der Waals surface area contributed by atoms with E-state index < -0.39 is 41.6 Å². The van der Waals surface area contributed by atoms with Gasteiger partial charge in [-0.2, -0.15) is 0 Å². The zero-order valence-electron chi connectivity index (χ0n) is 30.6. The fraction of sp³-hybridized carbons (Fsp3) is 0.784. The minimum absolute atomic E-state index is 0.0460. The van der Waals surface area contributed by atoms with Crippen molar-refractivity contribution in [2.45, 2.75) is 141 Å². The van der Waals surface area contributed by atoms with Crippen LogP contribution in [-0.2, 0) is 23.7 Å². The first-order valence-corrected chi connectivity index (χ1v) is 17.7. The molecule has 0 saturated carbocycles. The van der Waals surface area contributed by atoms with Gasteiger partial charge in [-0.3, -0.25) is 9.69 Å². The largest absolute Gasteiger partial charge is 0.457 e. The van der Waals surface area contributed by atoms with E-state index in [0.29, 0.717) is 25.6 Å². The number of epoxide rings is 1. The smallest absolute Gasteiger partial charge is 0.410 e. The van der Waals surface area contributed by atoms with E-state index in [4.69, 9.17) is 18.9 Å². The molecule has 3 aliphatic heterocycles. The van der Waals surface area contributed by atoms with E-state index in [2.05, 4.69) is 32.6 Å². The number of nitrogens with zero attached hydrogens (tertiary/aromatic N) is 2. The zero-order chi connectivity index (χ0) is 35.8. The molecule has 0 bridgehead atoms. The van der Waals surface area contributed by atoms with Gasteiger partial charge in [-0.1, -0.05) is 45.1 Å². The Balaban J connectivity index is 1.73. The molecule has 2 saturated heterocycles. The first-order valence-electron chi connectivity index (χ1n) is 17.7. The van der Waals surface area contributed by atoms with E-state index in [1.54, 1.807) is 56.2 Å². The molecule has 0 spiro atoms. The predicted molar refractivity (Wildman–Crippen MR) is 184 cm³/mol. The van der Waals surface area contributed by atoms with E-state index in [1.165, 1.54) is 0 Å². The summed E-state index contributed by atoms with van der Waals surface area (Å²) < 4.78 is 23.2. The number of esters is 1. The number of aliphatic hydroxyl groups is 3. The van der Waals surface area contributed by atoms with Crippen LogP contribution in [-0.4, -0.2) is 124 Å². The third-order valence-corrected chi connectivity index (χ3v) is 10.2. The topological polar surface area (TPSA) is 142 Å². The quantitative estimate of drug-likeness (QED) is 0.125. The van der Waals surface area contributed by atoms with E-state index in [1.807, 2.05) is 13.8 Å². The van der Waals surface area contributed by atoms with Gasteiger partial charge in [0.2, 0.25) is 0 Å². The van der Waals surface area contributed by atoms with Crippen LogP contribution < -0.4 is 0 Å². The lowest BCUT2D eigenvalue weighted by Crippen LogP contribution is -2.52. The summed E-state index contributed by atoms with van der Waals surface area (Å²) in [6, 6.07) is 0.392. The highest BCUT2D eigenvalue weighted by atomic mass is 16.6. The molecule has 3 N–H and O–H groups in total. The second-order valence-corrected chi connectivity index (χ2v) is 14.8. The average Bonchev–Trinajstić information content (AvgIpc) is 3.78. The maximum atomic E-state index is 13.2. The summed E-state index contributed by atoms with van der Waals surface area (Å²) >= 11 is 0. The van der Waals surface area contributed by atoms with Crippen LogP contribution in [0.15, 0.2) is 36.0 Å². The normalized spacial score (nSPS) is 33.8. The standard InChI is InChI=1S/C37H62N2O9/c1-10-29(45-9)27(6)34-30(46-34)23-36(7,43)16-11-12-25(4)33-26(5)13-14-31(37(8,44)17-15-28(40)22-32(41)48-33)47-35(42)39-20-18-38(19-21-39)24(2)3/h11-14,16,24,26-31,33-34,40,43-44H,10,15,17-23H2,1-9H3. The SMILES string of the molecule is CCC(OC)C(C)C1OC1CC(C)(O)C=CC=C(C)C1OC(=O)CC(O)CCC(C)(O)C(OC(=O)N2CCN(C(C)C)CC2)C=CC1C. The van der Waals surface area contributed by atoms with Crippen LogP contribution >= 0.6 is 0 Å². The summed E-state index contributed by atoms with van der Waals surface area (Å²) in [5.74, 6) is -0.688. The van der Waals surface area contributed by atoms with Crippen molar-refractivity contribution in [1.82, 2.24) is 9.80 Å². The van der Waals surface area contributed by atoms with Gasteiger partial charge in [-0.15, -0.1) is 0 Å². The first kappa shape index (κ1) is 40.2. The summed E-state index contributed by atoms with van der Waals surface area (Å²) in [7, 11) is 1.71. The lowest BCUT2D eigenvalue weighted by Gasteiger charge is -2.38. The fourth-order valence-electron chi connectivity index (χ4n) is 6.78. The molecule has 1 amide bonds. The van der Waals surface area contributed by atoms with E-state index in [-0.39, 0.29) is 49.4 Å². The van der Waals surface area contributed by atoms with Crippen molar-refractivity contribution >= 4 is 12.1 Å². The molecule has 10 unspecified atom stereocenters. The number of hydrogen-bond donors (Lipinski definition) is 3. The minimum Gasteiger partial charge on any atom is -0.457 e. The number of ether oxygens (including phenoxy) is 4. The minimum atomic E-state index is -1.48. The Morgan fingerprint density at radius 3 is 2.48 bits per heavy atom. The Kier molecular flexibility index (Phi) is 14.7. The maximum Gasteiger partial charge on any atom is 0.410 e. The molecular weight excluding hydrogens is 616 g/mol. The van der Waals surface area contributed by atoms with Crippen LogP contribution in [0.4, 0.5) is 4.79 Å². The molecule has 274 valence electrons. The summed E-state index contributed by atoms with van der Waals surface area (Å²) in [5, 5.41) is 33.2. The number of amides is 1. The van der Waals surface area contributed by atoms with Crippen molar-refractivity contribution in [2.75, 3.05) is 33.3 Å². The predicted octanol–water partition coefficient (Wildman–Crippen LogP) is 4.39. The van der Waals surface area contributed by atoms with Crippen LogP contribution in [0, 0.1) is 11.8 Å². The highest BCUT2D eigenvalue weighted by Gasteiger charge is 2.47. The monoisotopic (exact) mass is 678 g/mol. The molecule has 3 heterocycles. The van der Waals surface area contributed by atoms with Crippen molar-refractivity contribution in [2.24, 2.45) is 11.8 Å². The van der Waals surface area contributed by atoms with E-state index in [0.717, 1.165) is 25.1 Å². The van der Waals surface area contributed by atoms with Gasteiger partial charge in [-0.05, 0) is 65.5 Å². The van der Waals surface area contributed by atoms with Crippen LogP contribution in [0.1, 0.15) is 87.5 Å². The second-order valence-electron chi connectivity index (χ2n) is 14.8. The van der Waals surface area contributed by atoms with Crippen LogP contribution in [0.5, 0.6) is 0 Å². The molecule has 2 fully saturated rings.